The molecule has 0 heterocycles. The van der Waals surface area contributed by atoms with Crippen LogP contribution in [0.2, 0.25) is 0 Å². The lowest BCUT2D eigenvalue weighted by molar-refractivity contribution is -0.160. The molecule has 2 rings (SSSR count). The molecule has 2 aliphatic rings. The molecule has 0 saturated heterocycles. The Labute approximate surface area is 159 Å². The van der Waals surface area contributed by atoms with E-state index in [1.807, 2.05) is 0 Å². The smallest absolute Gasteiger partial charge is 0.309 e. The van der Waals surface area contributed by atoms with Crippen LogP contribution in [0.5, 0.6) is 0 Å². The number of hydrogen-bond acceptors (Lipinski definition) is 4. The van der Waals surface area contributed by atoms with Crippen molar-refractivity contribution in [3.8, 4) is 0 Å². The first-order valence-electron chi connectivity index (χ1n) is 11.0. The predicted molar refractivity (Wildman–Crippen MR) is 103 cm³/mol. The molecule has 2 fully saturated rings. The maximum absolute atomic E-state index is 12.5. The molecule has 0 aromatic carbocycles. The van der Waals surface area contributed by atoms with Crippen molar-refractivity contribution in [1.29, 1.82) is 0 Å². The van der Waals surface area contributed by atoms with Gasteiger partial charge in [-0.05, 0) is 57.3 Å². The Kier molecular flexibility index (Phi) is 9.49. The SMILES string of the molecule is CCCCC(CC)COC(=O)C1CCCC(C(=O)OC2CCCCC2)C1. The first-order chi connectivity index (χ1) is 12.6. The monoisotopic (exact) mass is 366 g/mol. The second-order valence-corrected chi connectivity index (χ2v) is 8.30. The van der Waals surface area contributed by atoms with E-state index in [4.69, 9.17) is 9.47 Å². The van der Waals surface area contributed by atoms with Crippen LogP contribution >= 0.6 is 0 Å². The summed E-state index contributed by atoms with van der Waals surface area (Å²) in [6.45, 7) is 4.88. The van der Waals surface area contributed by atoms with Gasteiger partial charge < -0.3 is 9.47 Å². The van der Waals surface area contributed by atoms with Crippen LogP contribution in [-0.2, 0) is 19.1 Å². The fraction of sp³-hybridized carbons (Fsp3) is 0.909. The fourth-order valence-electron chi connectivity index (χ4n) is 4.28. The van der Waals surface area contributed by atoms with Crippen molar-refractivity contribution in [2.24, 2.45) is 17.8 Å². The van der Waals surface area contributed by atoms with E-state index in [0.717, 1.165) is 57.8 Å². The largest absolute Gasteiger partial charge is 0.465 e. The van der Waals surface area contributed by atoms with Gasteiger partial charge in [0.15, 0.2) is 0 Å². The lowest BCUT2D eigenvalue weighted by Gasteiger charge is -2.29. The van der Waals surface area contributed by atoms with Gasteiger partial charge in [0.25, 0.3) is 0 Å². The summed E-state index contributed by atoms with van der Waals surface area (Å²) in [4.78, 5) is 25.0. The van der Waals surface area contributed by atoms with E-state index in [2.05, 4.69) is 13.8 Å². The number of ether oxygens (including phenoxy) is 2. The van der Waals surface area contributed by atoms with Crippen molar-refractivity contribution in [2.45, 2.75) is 103 Å². The van der Waals surface area contributed by atoms with Crippen LogP contribution in [-0.4, -0.2) is 24.6 Å². The Balaban J connectivity index is 1.75. The molecule has 150 valence electrons. The van der Waals surface area contributed by atoms with Gasteiger partial charge in [0, 0.05) is 0 Å². The minimum absolute atomic E-state index is 0.0798. The first-order valence-corrected chi connectivity index (χ1v) is 11.0. The van der Waals surface area contributed by atoms with Crippen LogP contribution < -0.4 is 0 Å². The number of unbranched alkanes of at least 4 members (excludes halogenated alkanes) is 1. The van der Waals surface area contributed by atoms with Gasteiger partial charge in [0.2, 0.25) is 0 Å². The van der Waals surface area contributed by atoms with Crippen LogP contribution in [0.3, 0.4) is 0 Å². The topological polar surface area (TPSA) is 52.6 Å². The lowest BCUT2D eigenvalue weighted by atomic mass is 9.81. The second-order valence-electron chi connectivity index (χ2n) is 8.30. The van der Waals surface area contributed by atoms with Gasteiger partial charge in [0.05, 0.1) is 18.4 Å². The highest BCUT2D eigenvalue weighted by Crippen LogP contribution is 2.32. The van der Waals surface area contributed by atoms with Crippen LogP contribution in [0.4, 0.5) is 0 Å². The van der Waals surface area contributed by atoms with E-state index in [-0.39, 0.29) is 29.9 Å². The molecule has 0 aromatic heterocycles. The standard InChI is InChI=1S/C22H38O4/c1-3-5-10-17(4-2)16-25-21(23)18-11-9-12-19(15-18)22(24)26-20-13-7-6-8-14-20/h17-20H,3-16H2,1-2H3. The predicted octanol–water partition coefficient (Wildman–Crippen LogP) is 5.43. The third kappa shape index (κ3) is 6.92. The van der Waals surface area contributed by atoms with Crippen molar-refractivity contribution in [3.05, 3.63) is 0 Å². The number of carbonyl (C=O) groups excluding carboxylic acids is 2. The highest BCUT2D eigenvalue weighted by molar-refractivity contribution is 5.76. The summed E-state index contributed by atoms with van der Waals surface area (Å²) in [6, 6.07) is 0. The van der Waals surface area contributed by atoms with Crippen LogP contribution in [0.15, 0.2) is 0 Å². The highest BCUT2D eigenvalue weighted by Gasteiger charge is 2.34. The van der Waals surface area contributed by atoms with Crippen molar-refractivity contribution >= 4 is 11.9 Å². The summed E-state index contributed by atoms with van der Waals surface area (Å²) in [7, 11) is 0. The molecular formula is C22H38O4. The number of carbonyl (C=O) groups is 2. The van der Waals surface area contributed by atoms with Crippen LogP contribution in [0.1, 0.15) is 97.3 Å². The van der Waals surface area contributed by atoms with Gasteiger partial charge in [-0.3, -0.25) is 9.59 Å². The van der Waals surface area contributed by atoms with Crippen LogP contribution in [0, 0.1) is 17.8 Å². The molecule has 3 atom stereocenters. The third-order valence-electron chi connectivity index (χ3n) is 6.18. The highest BCUT2D eigenvalue weighted by atomic mass is 16.5. The Hall–Kier alpha value is -1.06. The van der Waals surface area contributed by atoms with Gasteiger partial charge in [-0.25, -0.2) is 0 Å². The Morgan fingerprint density at radius 2 is 1.62 bits per heavy atom. The van der Waals surface area contributed by atoms with E-state index in [1.54, 1.807) is 0 Å². The van der Waals surface area contributed by atoms with Gasteiger partial charge in [-0.1, -0.05) is 46.0 Å². The zero-order valence-electron chi connectivity index (χ0n) is 16.8. The summed E-state index contributed by atoms with van der Waals surface area (Å²) < 4.78 is 11.3. The van der Waals surface area contributed by atoms with E-state index in [9.17, 15) is 9.59 Å². The second kappa shape index (κ2) is 11.6. The zero-order valence-corrected chi connectivity index (χ0v) is 16.8. The first kappa shape index (κ1) is 21.2. The maximum Gasteiger partial charge on any atom is 0.309 e. The average molecular weight is 367 g/mol. The summed E-state index contributed by atoms with van der Waals surface area (Å²) in [5, 5.41) is 0. The lowest BCUT2D eigenvalue weighted by Crippen LogP contribution is -2.32. The molecule has 3 unspecified atom stereocenters. The molecule has 0 aliphatic heterocycles. The summed E-state index contributed by atoms with van der Waals surface area (Å²) in [5.74, 6) is 0.0371. The summed E-state index contributed by atoms with van der Waals surface area (Å²) in [6.07, 6.45) is 13.4. The normalized spacial score (nSPS) is 25.5. The average Bonchev–Trinajstić information content (AvgIpc) is 2.68. The number of rotatable bonds is 9. The molecule has 4 nitrogen and oxygen atoms in total. The molecule has 0 radical (unpaired) electrons. The maximum atomic E-state index is 12.5. The van der Waals surface area contributed by atoms with Gasteiger partial charge in [-0.15, -0.1) is 0 Å². The number of hydrogen-bond donors (Lipinski definition) is 0. The number of esters is 2. The molecule has 4 heteroatoms. The molecule has 0 bridgehead atoms. The quantitative estimate of drug-likeness (QED) is 0.511. The van der Waals surface area contributed by atoms with Gasteiger partial charge in [-0.2, -0.15) is 0 Å². The van der Waals surface area contributed by atoms with Gasteiger partial charge in [0.1, 0.15) is 6.10 Å². The van der Waals surface area contributed by atoms with Crippen molar-refractivity contribution < 1.29 is 19.1 Å². The van der Waals surface area contributed by atoms with Crippen molar-refractivity contribution in [2.75, 3.05) is 6.61 Å². The van der Waals surface area contributed by atoms with Gasteiger partial charge >= 0.3 is 11.9 Å². The van der Waals surface area contributed by atoms with E-state index < -0.39 is 0 Å². The van der Waals surface area contributed by atoms with E-state index in [0.29, 0.717) is 18.9 Å². The molecule has 0 aromatic rings. The summed E-state index contributed by atoms with van der Waals surface area (Å²) in [5.41, 5.74) is 0. The van der Waals surface area contributed by atoms with Crippen LogP contribution in [0.25, 0.3) is 0 Å². The minimum atomic E-state index is -0.128. The van der Waals surface area contributed by atoms with E-state index in [1.165, 1.54) is 19.3 Å². The van der Waals surface area contributed by atoms with Crippen molar-refractivity contribution in [3.63, 3.8) is 0 Å². The van der Waals surface area contributed by atoms with E-state index >= 15 is 0 Å². The molecule has 2 aliphatic carbocycles. The Morgan fingerprint density at radius 1 is 0.923 bits per heavy atom. The third-order valence-corrected chi connectivity index (χ3v) is 6.18. The molecule has 2 saturated carbocycles. The Morgan fingerprint density at radius 3 is 2.27 bits per heavy atom. The minimum Gasteiger partial charge on any atom is -0.465 e. The molecule has 0 amide bonds. The van der Waals surface area contributed by atoms with Crippen molar-refractivity contribution in [1.82, 2.24) is 0 Å². The molecule has 0 N–H and O–H groups in total. The molecular weight excluding hydrogens is 328 g/mol. The zero-order chi connectivity index (χ0) is 18.8. The Bertz CT molecular complexity index is 428. The molecule has 26 heavy (non-hydrogen) atoms. The molecule has 0 spiro atoms. The summed E-state index contributed by atoms with van der Waals surface area (Å²) >= 11 is 0. The fourth-order valence-corrected chi connectivity index (χ4v) is 4.28.